The maximum atomic E-state index is 12.8. The number of hydrogen-bond acceptors (Lipinski definition) is 6. The first-order chi connectivity index (χ1) is 14.2. The number of nitrogens with two attached hydrogens (primary N) is 2. The molecular formula is C21H28BrCl2N5O3. The van der Waals surface area contributed by atoms with Crippen LogP contribution in [0.4, 0.5) is 5.82 Å². The Morgan fingerprint density at radius 2 is 1.91 bits per heavy atom. The van der Waals surface area contributed by atoms with Crippen LogP contribution in [0.2, 0.25) is 0 Å². The standard InChI is InChI=1S/C21H26BrN5O3.2ClH/c1-12-14(3-8-19(23)26-12)10-25-21(29)13(2)27-11-17(9-18(27)20(24)28)30-16-6-4-15(22)5-7-16;;/h3-8,13,17-18H,9-11H2,1-2H3,(H2,23,26)(H2,24,28)(H,25,29);2*1H/t13-,17?,18?;;/m0../s1. The van der Waals surface area contributed by atoms with Gasteiger partial charge in [0.25, 0.3) is 0 Å². The molecule has 0 bridgehead atoms. The van der Waals surface area contributed by atoms with E-state index in [9.17, 15) is 9.59 Å². The van der Waals surface area contributed by atoms with E-state index in [1.807, 2.05) is 37.3 Å². The quantitative estimate of drug-likeness (QED) is 0.488. The van der Waals surface area contributed by atoms with Gasteiger partial charge in [-0.3, -0.25) is 14.5 Å². The van der Waals surface area contributed by atoms with Crippen molar-refractivity contribution in [3.63, 3.8) is 0 Å². The molecule has 1 saturated heterocycles. The van der Waals surface area contributed by atoms with Gasteiger partial charge >= 0.3 is 0 Å². The summed E-state index contributed by atoms with van der Waals surface area (Å²) in [5.41, 5.74) is 12.9. The van der Waals surface area contributed by atoms with Gasteiger partial charge in [-0.1, -0.05) is 22.0 Å². The molecule has 0 spiro atoms. The zero-order chi connectivity index (χ0) is 21.8. The number of amides is 2. The van der Waals surface area contributed by atoms with Crippen LogP contribution < -0.4 is 21.5 Å². The van der Waals surface area contributed by atoms with E-state index >= 15 is 0 Å². The van der Waals surface area contributed by atoms with Crippen molar-refractivity contribution in [1.29, 1.82) is 0 Å². The number of ether oxygens (including phenoxy) is 1. The molecule has 1 aliphatic rings. The van der Waals surface area contributed by atoms with Crippen molar-refractivity contribution in [2.45, 2.75) is 45.0 Å². The molecule has 2 unspecified atom stereocenters. The van der Waals surface area contributed by atoms with E-state index in [0.717, 1.165) is 15.7 Å². The molecule has 1 aromatic heterocycles. The van der Waals surface area contributed by atoms with Crippen molar-refractivity contribution in [2.24, 2.45) is 5.73 Å². The van der Waals surface area contributed by atoms with E-state index in [2.05, 4.69) is 26.2 Å². The van der Waals surface area contributed by atoms with Crippen LogP contribution in [-0.2, 0) is 16.1 Å². The number of hydrogen-bond donors (Lipinski definition) is 3. The fourth-order valence-corrected chi connectivity index (χ4v) is 3.86. The lowest BCUT2D eigenvalue weighted by Gasteiger charge is -2.27. The summed E-state index contributed by atoms with van der Waals surface area (Å²) in [6.07, 6.45) is 0.201. The smallest absolute Gasteiger partial charge is 0.237 e. The number of aryl methyl sites for hydroxylation is 1. The molecule has 2 heterocycles. The third-order valence-electron chi connectivity index (χ3n) is 5.29. The van der Waals surface area contributed by atoms with Crippen LogP contribution >= 0.6 is 40.7 Å². The summed E-state index contributed by atoms with van der Waals surface area (Å²) in [6, 6.07) is 9.92. The third kappa shape index (κ3) is 6.96. The highest BCUT2D eigenvalue weighted by Gasteiger charge is 2.41. The Kier molecular flexibility index (Phi) is 10.7. The molecule has 1 fully saturated rings. The lowest BCUT2D eigenvalue weighted by Crippen LogP contribution is -2.51. The van der Waals surface area contributed by atoms with Gasteiger partial charge in [0.2, 0.25) is 11.8 Å². The first-order valence-electron chi connectivity index (χ1n) is 9.71. The summed E-state index contributed by atoms with van der Waals surface area (Å²) < 4.78 is 6.96. The number of carbonyl (C=O) groups excluding carboxylic acids is 2. The third-order valence-corrected chi connectivity index (χ3v) is 5.82. The van der Waals surface area contributed by atoms with Crippen LogP contribution in [0.1, 0.15) is 24.6 Å². The minimum absolute atomic E-state index is 0. The Hall–Kier alpha value is -2.07. The zero-order valence-corrected chi connectivity index (χ0v) is 21.0. The normalized spacial score (nSPS) is 18.7. The summed E-state index contributed by atoms with van der Waals surface area (Å²) in [5.74, 6) is 0.489. The molecule has 2 aromatic rings. The molecule has 2 amide bonds. The monoisotopic (exact) mass is 547 g/mol. The number of rotatable bonds is 7. The highest BCUT2D eigenvalue weighted by Crippen LogP contribution is 2.26. The maximum absolute atomic E-state index is 12.8. The van der Waals surface area contributed by atoms with Gasteiger partial charge in [-0.05, 0) is 49.7 Å². The fraction of sp³-hybridized carbons (Fsp3) is 0.381. The lowest BCUT2D eigenvalue weighted by atomic mass is 10.1. The number of likely N-dealkylation sites (tertiary alicyclic amines) is 1. The summed E-state index contributed by atoms with van der Waals surface area (Å²) >= 11 is 3.39. The summed E-state index contributed by atoms with van der Waals surface area (Å²) in [6.45, 7) is 4.37. The summed E-state index contributed by atoms with van der Waals surface area (Å²) in [4.78, 5) is 30.8. The second-order valence-electron chi connectivity index (χ2n) is 7.42. The molecule has 8 nitrogen and oxygen atoms in total. The number of pyridine rings is 1. The number of anilines is 1. The first-order valence-corrected chi connectivity index (χ1v) is 10.5. The summed E-state index contributed by atoms with van der Waals surface area (Å²) in [5, 5.41) is 2.91. The largest absolute Gasteiger partial charge is 0.489 e. The zero-order valence-electron chi connectivity index (χ0n) is 17.8. The molecule has 0 radical (unpaired) electrons. The molecule has 176 valence electrons. The van der Waals surface area contributed by atoms with Crippen molar-refractivity contribution < 1.29 is 14.3 Å². The Labute approximate surface area is 208 Å². The fourth-order valence-electron chi connectivity index (χ4n) is 3.60. The van der Waals surface area contributed by atoms with Gasteiger partial charge in [0.05, 0.1) is 12.1 Å². The molecule has 11 heteroatoms. The van der Waals surface area contributed by atoms with E-state index in [1.165, 1.54) is 0 Å². The number of benzene rings is 1. The van der Waals surface area contributed by atoms with Crippen molar-refractivity contribution in [3.8, 4) is 5.75 Å². The first kappa shape index (κ1) is 28.0. The predicted molar refractivity (Wildman–Crippen MR) is 132 cm³/mol. The second-order valence-corrected chi connectivity index (χ2v) is 8.33. The van der Waals surface area contributed by atoms with Gasteiger partial charge < -0.3 is 21.5 Å². The van der Waals surface area contributed by atoms with Crippen LogP contribution in [0.5, 0.6) is 5.75 Å². The Morgan fingerprint density at radius 3 is 2.50 bits per heavy atom. The van der Waals surface area contributed by atoms with Crippen LogP contribution in [0.3, 0.4) is 0 Å². The lowest BCUT2D eigenvalue weighted by molar-refractivity contribution is -0.129. The number of nitrogens with one attached hydrogen (secondary N) is 1. The van der Waals surface area contributed by atoms with Crippen molar-refractivity contribution in [2.75, 3.05) is 12.3 Å². The number of primary amides is 1. The summed E-state index contributed by atoms with van der Waals surface area (Å²) in [7, 11) is 0. The average molecular weight is 549 g/mol. The molecule has 1 aliphatic heterocycles. The number of carbonyl (C=O) groups is 2. The van der Waals surface area contributed by atoms with Gasteiger partial charge in [0.15, 0.2) is 0 Å². The van der Waals surface area contributed by atoms with Gasteiger partial charge in [-0.15, -0.1) is 24.8 Å². The van der Waals surface area contributed by atoms with Crippen molar-refractivity contribution in [3.05, 3.63) is 52.1 Å². The number of halogens is 3. The minimum Gasteiger partial charge on any atom is -0.489 e. The van der Waals surface area contributed by atoms with Crippen LogP contribution in [-0.4, -0.2) is 46.4 Å². The minimum atomic E-state index is -0.564. The van der Waals surface area contributed by atoms with E-state index in [4.69, 9.17) is 16.2 Å². The molecular weight excluding hydrogens is 521 g/mol. The Balaban J connectivity index is 0.00000256. The van der Waals surface area contributed by atoms with E-state index in [0.29, 0.717) is 31.1 Å². The van der Waals surface area contributed by atoms with Gasteiger partial charge in [-0.2, -0.15) is 0 Å². The molecule has 1 aromatic carbocycles. The number of aromatic nitrogens is 1. The van der Waals surface area contributed by atoms with E-state index < -0.39 is 18.0 Å². The number of nitrogens with zero attached hydrogens (tertiary/aromatic N) is 2. The number of nitrogen functional groups attached to an aromatic ring is 1. The van der Waals surface area contributed by atoms with Gasteiger partial charge in [0, 0.05) is 29.7 Å². The van der Waals surface area contributed by atoms with Crippen LogP contribution in [0.25, 0.3) is 0 Å². The van der Waals surface area contributed by atoms with Crippen molar-refractivity contribution >= 4 is 58.4 Å². The van der Waals surface area contributed by atoms with Crippen LogP contribution in [0, 0.1) is 6.92 Å². The molecule has 0 aliphatic carbocycles. The van der Waals surface area contributed by atoms with E-state index in [1.54, 1.807) is 17.9 Å². The van der Waals surface area contributed by atoms with Crippen LogP contribution in [0.15, 0.2) is 40.9 Å². The highest BCUT2D eigenvalue weighted by molar-refractivity contribution is 9.10. The molecule has 32 heavy (non-hydrogen) atoms. The van der Waals surface area contributed by atoms with Gasteiger partial charge in [0.1, 0.15) is 17.7 Å². The van der Waals surface area contributed by atoms with Crippen molar-refractivity contribution in [1.82, 2.24) is 15.2 Å². The second kappa shape index (κ2) is 12.2. The molecule has 0 saturated carbocycles. The Morgan fingerprint density at radius 1 is 1.25 bits per heavy atom. The molecule has 3 atom stereocenters. The highest BCUT2D eigenvalue weighted by atomic mass is 79.9. The predicted octanol–water partition coefficient (Wildman–Crippen LogP) is 2.59. The van der Waals surface area contributed by atoms with E-state index in [-0.39, 0.29) is 36.8 Å². The molecule has 5 N–H and O–H groups in total. The topological polar surface area (TPSA) is 124 Å². The SMILES string of the molecule is Cc1nc(N)ccc1CNC(=O)[C@H](C)N1CC(Oc2ccc(Br)cc2)CC1C(N)=O.Cl.Cl. The molecule has 3 rings (SSSR count). The average Bonchev–Trinajstić information content (AvgIpc) is 3.12. The van der Waals surface area contributed by atoms with Gasteiger partial charge in [-0.25, -0.2) is 4.98 Å². The maximum Gasteiger partial charge on any atom is 0.237 e. The Bertz CT molecular complexity index is 932.